The number of amides is 2. The lowest BCUT2D eigenvalue weighted by molar-refractivity contribution is 0.251. The summed E-state index contributed by atoms with van der Waals surface area (Å²) in [5.41, 5.74) is 2.17. The van der Waals surface area contributed by atoms with Crippen molar-refractivity contribution in [2.24, 2.45) is 0 Å². The molecule has 4 nitrogen and oxygen atoms in total. The second-order valence-corrected chi connectivity index (χ2v) is 4.62. The standard InChI is InChI=1S/C16H17FN2O2/c1-11-6-7-13(17)9-15(11)19-16(20)18-10-12-4-3-5-14(8-12)21-2/h3-9H,10H2,1-2H3,(H2,18,19,20). The SMILES string of the molecule is COc1cccc(CNC(=O)Nc2cc(F)ccc2C)c1. The third-order valence-electron chi connectivity index (χ3n) is 3.04. The highest BCUT2D eigenvalue weighted by Gasteiger charge is 2.05. The van der Waals surface area contributed by atoms with Crippen LogP contribution < -0.4 is 15.4 Å². The first kappa shape index (κ1) is 14.8. The van der Waals surface area contributed by atoms with Crippen molar-refractivity contribution in [2.45, 2.75) is 13.5 Å². The van der Waals surface area contributed by atoms with E-state index in [-0.39, 0.29) is 11.8 Å². The normalized spacial score (nSPS) is 10.0. The number of rotatable bonds is 4. The van der Waals surface area contributed by atoms with Gasteiger partial charge in [0.15, 0.2) is 0 Å². The maximum atomic E-state index is 13.1. The molecular weight excluding hydrogens is 271 g/mol. The van der Waals surface area contributed by atoms with E-state index in [9.17, 15) is 9.18 Å². The maximum absolute atomic E-state index is 13.1. The number of urea groups is 1. The molecule has 0 spiro atoms. The van der Waals surface area contributed by atoms with Gasteiger partial charge in [0.1, 0.15) is 11.6 Å². The molecule has 2 rings (SSSR count). The van der Waals surface area contributed by atoms with E-state index in [1.54, 1.807) is 20.1 Å². The molecular formula is C16H17FN2O2. The Morgan fingerprint density at radius 1 is 1.24 bits per heavy atom. The topological polar surface area (TPSA) is 50.4 Å². The van der Waals surface area contributed by atoms with E-state index in [1.807, 2.05) is 24.3 Å². The summed E-state index contributed by atoms with van der Waals surface area (Å²) in [7, 11) is 1.59. The van der Waals surface area contributed by atoms with Crippen LogP contribution in [0.4, 0.5) is 14.9 Å². The van der Waals surface area contributed by atoms with Gasteiger partial charge in [0.25, 0.3) is 0 Å². The van der Waals surface area contributed by atoms with Crippen molar-refractivity contribution in [3.63, 3.8) is 0 Å². The minimum Gasteiger partial charge on any atom is -0.497 e. The first-order valence-corrected chi connectivity index (χ1v) is 6.52. The van der Waals surface area contributed by atoms with Crippen LogP contribution in [0.15, 0.2) is 42.5 Å². The van der Waals surface area contributed by atoms with Crippen molar-refractivity contribution in [3.05, 3.63) is 59.4 Å². The first-order valence-electron chi connectivity index (χ1n) is 6.52. The molecule has 2 N–H and O–H groups in total. The summed E-state index contributed by atoms with van der Waals surface area (Å²) in [6.45, 7) is 2.16. The zero-order chi connectivity index (χ0) is 15.2. The average Bonchev–Trinajstić information content (AvgIpc) is 2.49. The van der Waals surface area contributed by atoms with Gasteiger partial charge in [-0.1, -0.05) is 18.2 Å². The minimum atomic E-state index is -0.385. The van der Waals surface area contributed by atoms with Crippen LogP contribution in [0.5, 0.6) is 5.75 Å². The summed E-state index contributed by atoms with van der Waals surface area (Å²) in [5, 5.41) is 5.35. The van der Waals surface area contributed by atoms with E-state index in [0.29, 0.717) is 12.2 Å². The van der Waals surface area contributed by atoms with Gasteiger partial charge < -0.3 is 15.4 Å². The van der Waals surface area contributed by atoms with E-state index in [0.717, 1.165) is 16.9 Å². The number of nitrogens with one attached hydrogen (secondary N) is 2. The lowest BCUT2D eigenvalue weighted by Gasteiger charge is -2.10. The fourth-order valence-corrected chi connectivity index (χ4v) is 1.86. The van der Waals surface area contributed by atoms with E-state index < -0.39 is 0 Å². The summed E-state index contributed by atoms with van der Waals surface area (Å²) in [6, 6.07) is 11.3. The monoisotopic (exact) mass is 288 g/mol. The number of hydrogen-bond acceptors (Lipinski definition) is 2. The molecule has 5 heteroatoms. The Hall–Kier alpha value is -2.56. The van der Waals surface area contributed by atoms with Gasteiger partial charge in [0, 0.05) is 12.2 Å². The maximum Gasteiger partial charge on any atom is 0.319 e. The zero-order valence-corrected chi connectivity index (χ0v) is 11.9. The number of benzene rings is 2. The van der Waals surface area contributed by atoms with Gasteiger partial charge in [-0.2, -0.15) is 0 Å². The van der Waals surface area contributed by atoms with Crippen molar-refractivity contribution >= 4 is 11.7 Å². The zero-order valence-electron chi connectivity index (χ0n) is 11.9. The number of halogens is 1. The lowest BCUT2D eigenvalue weighted by Crippen LogP contribution is -2.28. The van der Waals surface area contributed by atoms with Crippen LogP contribution in [-0.2, 0) is 6.54 Å². The Bertz CT molecular complexity index is 644. The molecule has 0 saturated heterocycles. The third-order valence-corrected chi connectivity index (χ3v) is 3.04. The van der Waals surface area contributed by atoms with E-state index in [1.165, 1.54) is 12.1 Å². The summed E-state index contributed by atoms with van der Waals surface area (Å²) in [6.07, 6.45) is 0. The van der Waals surface area contributed by atoms with Crippen LogP contribution in [0.25, 0.3) is 0 Å². The lowest BCUT2D eigenvalue weighted by atomic mass is 10.2. The summed E-state index contributed by atoms with van der Waals surface area (Å²) in [5.74, 6) is 0.347. The Balaban J connectivity index is 1.94. The van der Waals surface area contributed by atoms with Gasteiger partial charge in [0.05, 0.1) is 7.11 Å². The Morgan fingerprint density at radius 2 is 2.05 bits per heavy atom. The number of anilines is 1. The molecule has 2 amide bonds. The Kier molecular flexibility index (Phi) is 4.77. The second-order valence-electron chi connectivity index (χ2n) is 4.62. The number of aryl methyl sites for hydroxylation is 1. The van der Waals surface area contributed by atoms with Crippen LogP contribution >= 0.6 is 0 Å². The van der Waals surface area contributed by atoms with Crippen LogP contribution in [0.1, 0.15) is 11.1 Å². The molecule has 0 aromatic heterocycles. The van der Waals surface area contributed by atoms with E-state index in [4.69, 9.17) is 4.74 Å². The molecule has 0 heterocycles. The van der Waals surface area contributed by atoms with Gasteiger partial charge in [-0.3, -0.25) is 0 Å². The van der Waals surface area contributed by atoms with Gasteiger partial charge in [-0.05, 0) is 42.3 Å². The van der Waals surface area contributed by atoms with Gasteiger partial charge in [-0.25, -0.2) is 9.18 Å². The largest absolute Gasteiger partial charge is 0.497 e. The van der Waals surface area contributed by atoms with Crippen LogP contribution in [-0.4, -0.2) is 13.1 Å². The molecule has 110 valence electrons. The smallest absolute Gasteiger partial charge is 0.319 e. The van der Waals surface area contributed by atoms with Gasteiger partial charge in [0.2, 0.25) is 0 Å². The number of hydrogen-bond donors (Lipinski definition) is 2. The summed E-state index contributed by atoms with van der Waals surface area (Å²) < 4.78 is 18.3. The van der Waals surface area contributed by atoms with E-state index in [2.05, 4.69) is 10.6 Å². The molecule has 21 heavy (non-hydrogen) atoms. The Labute approximate surface area is 122 Å². The second kappa shape index (κ2) is 6.74. The number of carbonyl (C=O) groups is 1. The molecule has 0 saturated carbocycles. The van der Waals surface area contributed by atoms with Crippen molar-refractivity contribution in [1.29, 1.82) is 0 Å². The summed E-state index contributed by atoms with van der Waals surface area (Å²) in [4.78, 5) is 11.8. The van der Waals surface area contributed by atoms with Gasteiger partial charge >= 0.3 is 6.03 Å². The molecule has 0 unspecified atom stereocenters. The van der Waals surface area contributed by atoms with Gasteiger partial charge in [-0.15, -0.1) is 0 Å². The quantitative estimate of drug-likeness (QED) is 0.905. The molecule has 0 aliphatic carbocycles. The molecule has 0 radical (unpaired) electrons. The van der Waals surface area contributed by atoms with Crippen LogP contribution in [0.2, 0.25) is 0 Å². The Morgan fingerprint density at radius 3 is 2.81 bits per heavy atom. The molecule has 0 fully saturated rings. The molecule has 2 aromatic rings. The first-order chi connectivity index (χ1) is 10.1. The predicted molar refractivity (Wildman–Crippen MR) is 80.0 cm³/mol. The highest BCUT2D eigenvalue weighted by atomic mass is 19.1. The molecule has 0 aliphatic heterocycles. The fraction of sp³-hybridized carbons (Fsp3) is 0.188. The number of methoxy groups -OCH3 is 1. The van der Waals surface area contributed by atoms with Crippen molar-refractivity contribution in [1.82, 2.24) is 5.32 Å². The summed E-state index contributed by atoms with van der Waals surface area (Å²) >= 11 is 0. The van der Waals surface area contributed by atoms with Crippen molar-refractivity contribution in [3.8, 4) is 5.75 Å². The predicted octanol–water partition coefficient (Wildman–Crippen LogP) is 3.46. The molecule has 0 bridgehead atoms. The number of ether oxygens (including phenoxy) is 1. The highest BCUT2D eigenvalue weighted by molar-refractivity contribution is 5.90. The van der Waals surface area contributed by atoms with Crippen LogP contribution in [0.3, 0.4) is 0 Å². The fourth-order valence-electron chi connectivity index (χ4n) is 1.86. The minimum absolute atomic E-state index is 0.359. The molecule has 0 aliphatic rings. The molecule has 2 aromatic carbocycles. The van der Waals surface area contributed by atoms with E-state index >= 15 is 0 Å². The highest BCUT2D eigenvalue weighted by Crippen LogP contribution is 2.16. The molecule has 0 atom stereocenters. The third kappa shape index (κ3) is 4.21. The van der Waals surface area contributed by atoms with Crippen molar-refractivity contribution < 1.29 is 13.9 Å². The van der Waals surface area contributed by atoms with Crippen LogP contribution in [0, 0.1) is 12.7 Å². The number of carbonyl (C=O) groups excluding carboxylic acids is 1. The average molecular weight is 288 g/mol. The van der Waals surface area contributed by atoms with Crippen molar-refractivity contribution in [2.75, 3.05) is 12.4 Å².